The number of guanidine groups is 1. The zero-order valence-electron chi connectivity index (χ0n) is 7.21. The summed E-state index contributed by atoms with van der Waals surface area (Å²) < 4.78 is 0. The zero-order chi connectivity index (χ0) is 9.68. The van der Waals surface area contributed by atoms with E-state index in [0.717, 1.165) is 5.69 Å². The molecule has 0 fully saturated rings. The average Bonchev–Trinajstić information content (AvgIpc) is 2.14. The van der Waals surface area contributed by atoms with E-state index in [2.05, 4.69) is 15.7 Å². The van der Waals surface area contributed by atoms with Gasteiger partial charge in [-0.1, -0.05) is 17.7 Å². The lowest BCUT2D eigenvalue weighted by atomic mass is 10.3. The van der Waals surface area contributed by atoms with E-state index in [1.54, 1.807) is 19.2 Å². The van der Waals surface area contributed by atoms with Crippen LogP contribution in [0.2, 0.25) is 5.02 Å². The van der Waals surface area contributed by atoms with E-state index < -0.39 is 0 Å². The highest BCUT2D eigenvalue weighted by atomic mass is 35.5. The molecule has 0 saturated carbocycles. The molecule has 4 nitrogen and oxygen atoms in total. The number of anilines is 1. The first-order valence-electron chi connectivity index (χ1n) is 3.72. The SMILES string of the molecule is CN=C(NN)Nc1cccc(Cl)c1. The van der Waals surface area contributed by atoms with Crippen LogP contribution in [0.3, 0.4) is 0 Å². The number of hydrazine groups is 1. The summed E-state index contributed by atoms with van der Waals surface area (Å²) >= 11 is 5.78. The first-order valence-corrected chi connectivity index (χ1v) is 4.10. The van der Waals surface area contributed by atoms with Crippen molar-refractivity contribution in [2.24, 2.45) is 10.8 Å². The summed E-state index contributed by atoms with van der Waals surface area (Å²) in [5.74, 6) is 5.68. The van der Waals surface area contributed by atoms with E-state index in [1.807, 2.05) is 12.1 Å². The number of halogens is 1. The van der Waals surface area contributed by atoms with Gasteiger partial charge < -0.3 is 5.32 Å². The van der Waals surface area contributed by atoms with Gasteiger partial charge >= 0.3 is 0 Å². The van der Waals surface area contributed by atoms with Crippen molar-refractivity contribution < 1.29 is 0 Å². The Hall–Kier alpha value is -1.26. The first kappa shape index (κ1) is 9.83. The van der Waals surface area contributed by atoms with Crippen LogP contribution in [0, 0.1) is 0 Å². The largest absolute Gasteiger partial charge is 0.325 e. The van der Waals surface area contributed by atoms with Crippen LogP contribution in [0.1, 0.15) is 0 Å². The second-order valence-corrected chi connectivity index (χ2v) is 2.79. The molecule has 0 aliphatic carbocycles. The van der Waals surface area contributed by atoms with Crippen LogP contribution in [0.5, 0.6) is 0 Å². The van der Waals surface area contributed by atoms with Crippen molar-refractivity contribution in [1.82, 2.24) is 5.43 Å². The normalized spacial score (nSPS) is 11.2. The monoisotopic (exact) mass is 198 g/mol. The van der Waals surface area contributed by atoms with Crippen LogP contribution in [0.4, 0.5) is 5.69 Å². The van der Waals surface area contributed by atoms with Crippen molar-refractivity contribution in [3.8, 4) is 0 Å². The molecule has 0 amide bonds. The summed E-state index contributed by atoms with van der Waals surface area (Å²) in [6, 6.07) is 7.29. The van der Waals surface area contributed by atoms with Crippen LogP contribution in [0.25, 0.3) is 0 Å². The molecule has 0 spiro atoms. The van der Waals surface area contributed by atoms with Gasteiger partial charge in [-0.15, -0.1) is 0 Å². The molecule has 0 unspecified atom stereocenters. The number of hydrogen-bond donors (Lipinski definition) is 3. The third-order valence-electron chi connectivity index (χ3n) is 1.45. The van der Waals surface area contributed by atoms with Crippen molar-refractivity contribution in [3.05, 3.63) is 29.3 Å². The van der Waals surface area contributed by atoms with Gasteiger partial charge in [-0.05, 0) is 18.2 Å². The van der Waals surface area contributed by atoms with Crippen molar-refractivity contribution in [2.45, 2.75) is 0 Å². The second-order valence-electron chi connectivity index (χ2n) is 2.35. The highest BCUT2D eigenvalue weighted by molar-refractivity contribution is 6.30. The maximum absolute atomic E-state index is 5.78. The first-order chi connectivity index (χ1) is 6.26. The number of nitrogens with two attached hydrogens (primary N) is 1. The molecular weight excluding hydrogens is 188 g/mol. The Morgan fingerprint density at radius 1 is 1.54 bits per heavy atom. The predicted molar refractivity (Wildman–Crippen MR) is 55.8 cm³/mol. The number of hydrogen-bond acceptors (Lipinski definition) is 2. The molecule has 0 radical (unpaired) electrons. The molecule has 1 aromatic carbocycles. The van der Waals surface area contributed by atoms with Crippen molar-refractivity contribution in [1.29, 1.82) is 0 Å². The summed E-state index contributed by atoms with van der Waals surface area (Å²) in [4.78, 5) is 3.86. The minimum absolute atomic E-state index is 0.488. The quantitative estimate of drug-likeness (QED) is 0.275. The standard InChI is InChI=1S/C8H11ClN4/c1-11-8(13-10)12-7-4-2-3-6(9)5-7/h2-5H,10H2,1H3,(H2,11,12,13). The Morgan fingerprint density at radius 3 is 2.85 bits per heavy atom. The van der Waals surface area contributed by atoms with Crippen molar-refractivity contribution >= 4 is 23.2 Å². The summed E-state index contributed by atoms with van der Waals surface area (Å²) in [5, 5.41) is 3.61. The van der Waals surface area contributed by atoms with Crippen LogP contribution in [0.15, 0.2) is 29.3 Å². The summed E-state index contributed by atoms with van der Waals surface area (Å²) in [6.45, 7) is 0. The molecule has 1 rings (SSSR count). The Balaban J connectivity index is 2.74. The zero-order valence-corrected chi connectivity index (χ0v) is 7.97. The third-order valence-corrected chi connectivity index (χ3v) is 1.68. The summed E-state index contributed by atoms with van der Waals surface area (Å²) in [7, 11) is 1.63. The van der Waals surface area contributed by atoms with Crippen LogP contribution < -0.4 is 16.6 Å². The fourth-order valence-electron chi connectivity index (χ4n) is 0.859. The maximum Gasteiger partial charge on any atom is 0.209 e. The molecule has 0 aromatic heterocycles. The van der Waals surface area contributed by atoms with Gasteiger partial charge in [0.1, 0.15) is 0 Å². The Bertz CT molecular complexity index is 311. The smallest absolute Gasteiger partial charge is 0.209 e. The second kappa shape index (κ2) is 4.69. The molecule has 0 atom stereocenters. The highest BCUT2D eigenvalue weighted by Gasteiger charge is 1.96. The number of benzene rings is 1. The lowest BCUT2D eigenvalue weighted by molar-refractivity contribution is 1.01. The van der Waals surface area contributed by atoms with Crippen LogP contribution >= 0.6 is 11.6 Å². The average molecular weight is 199 g/mol. The van der Waals surface area contributed by atoms with Crippen molar-refractivity contribution in [3.63, 3.8) is 0 Å². The minimum Gasteiger partial charge on any atom is -0.325 e. The molecule has 5 heteroatoms. The number of rotatable bonds is 1. The van der Waals surface area contributed by atoms with Gasteiger partial charge in [0, 0.05) is 17.8 Å². The van der Waals surface area contributed by atoms with Gasteiger partial charge in [-0.25, -0.2) is 5.84 Å². The van der Waals surface area contributed by atoms with Gasteiger partial charge in [0.25, 0.3) is 0 Å². The molecule has 0 bridgehead atoms. The Morgan fingerprint density at radius 2 is 2.31 bits per heavy atom. The maximum atomic E-state index is 5.78. The van der Waals surface area contributed by atoms with Gasteiger partial charge in [-0.3, -0.25) is 10.4 Å². The molecule has 0 aliphatic rings. The van der Waals surface area contributed by atoms with E-state index in [-0.39, 0.29) is 0 Å². The lowest BCUT2D eigenvalue weighted by Crippen LogP contribution is -2.36. The molecule has 0 saturated heterocycles. The van der Waals surface area contributed by atoms with E-state index in [0.29, 0.717) is 11.0 Å². The molecule has 0 aliphatic heterocycles. The van der Waals surface area contributed by atoms with Crippen LogP contribution in [-0.4, -0.2) is 13.0 Å². The Kier molecular flexibility index (Phi) is 3.54. The third kappa shape index (κ3) is 2.93. The van der Waals surface area contributed by atoms with E-state index in [9.17, 15) is 0 Å². The molecule has 0 heterocycles. The minimum atomic E-state index is 0.488. The number of aliphatic imine (C=N–C) groups is 1. The van der Waals surface area contributed by atoms with E-state index in [4.69, 9.17) is 17.4 Å². The van der Waals surface area contributed by atoms with Gasteiger partial charge in [0.2, 0.25) is 5.96 Å². The van der Waals surface area contributed by atoms with Gasteiger partial charge in [0.15, 0.2) is 0 Å². The van der Waals surface area contributed by atoms with E-state index in [1.165, 1.54) is 0 Å². The summed E-state index contributed by atoms with van der Waals surface area (Å²) in [6.07, 6.45) is 0. The number of nitrogens with one attached hydrogen (secondary N) is 2. The molecule has 4 N–H and O–H groups in total. The molecule has 1 aromatic rings. The van der Waals surface area contributed by atoms with E-state index >= 15 is 0 Å². The van der Waals surface area contributed by atoms with Crippen molar-refractivity contribution in [2.75, 3.05) is 12.4 Å². The number of nitrogens with zero attached hydrogens (tertiary/aromatic N) is 1. The van der Waals surface area contributed by atoms with Gasteiger partial charge in [0.05, 0.1) is 0 Å². The highest BCUT2D eigenvalue weighted by Crippen LogP contribution is 2.14. The fourth-order valence-corrected chi connectivity index (χ4v) is 1.05. The Labute approximate surface area is 81.8 Å². The molecule has 70 valence electrons. The molecular formula is C8H11ClN4. The lowest BCUT2D eigenvalue weighted by Gasteiger charge is -2.07. The predicted octanol–water partition coefficient (Wildman–Crippen LogP) is 1.20. The molecule has 13 heavy (non-hydrogen) atoms. The summed E-state index contributed by atoms with van der Waals surface area (Å²) in [5.41, 5.74) is 3.25. The van der Waals surface area contributed by atoms with Gasteiger partial charge in [-0.2, -0.15) is 0 Å². The topological polar surface area (TPSA) is 62.4 Å². The van der Waals surface area contributed by atoms with Crippen LogP contribution in [-0.2, 0) is 0 Å². The fraction of sp³-hybridized carbons (Fsp3) is 0.125.